The van der Waals surface area contributed by atoms with Gasteiger partial charge in [-0.2, -0.15) is 26.3 Å². The minimum Gasteiger partial charge on any atom is -0.481 e. The van der Waals surface area contributed by atoms with Crippen molar-refractivity contribution in [2.24, 2.45) is 11.8 Å². The number of carbonyl (C=O) groups is 1. The highest BCUT2D eigenvalue weighted by Crippen LogP contribution is 2.44. The molecule has 42 heavy (non-hydrogen) atoms. The lowest BCUT2D eigenvalue weighted by Gasteiger charge is -2.47. The third-order valence-electron chi connectivity index (χ3n) is 8.18. The molecule has 14 heteroatoms. The molecule has 0 bridgehead atoms. The third kappa shape index (κ3) is 5.61. The smallest absolute Gasteiger partial charge is 0.433 e. The van der Waals surface area contributed by atoms with E-state index in [0.29, 0.717) is 22.9 Å². The first-order valence-corrected chi connectivity index (χ1v) is 13.5. The monoisotopic (exact) mass is 616 g/mol. The Morgan fingerprint density at radius 2 is 1.71 bits per heavy atom. The van der Waals surface area contributed by atoms with Gasteiger partial charge in [-0.05, 0) is 61.3 Å². The lowest BCUT2D eigenvalue weighted by atomic mass is 9.72. The number of carbonyl (C=O) groups excluding carboxylic acids is 1. The maximum absolute atomic E-state index is 13.5. The predicted octanol–water partition coefficient (Wildman–Crippen LogP) is 5.41. The van der Waals surface area contributed by atoms with Gasteiger partial charge in [-0.1, -0.05) is 17.7 Å². The van der Waals surface area contributed by atoms with E-state index < -0.39 is 35.5 Å². The van der Waals surface area contributed by atoms with Gasteiger partial charge in [0, 0.05) is 42.7 Å². The van der Waals surface area contributed by atoms with E-state index in [1.807, 2.05) is 4.90 Å². The van der Waals surface area contributed by atoms with Crippen LogP contribution >= 0.6 is 11.6 Å². The Morgan fingerprint density at radius 1 is 1.05 bits per heavy atom. The predicted molar refractivity (Wildman–Crippen MR) is 141 cm³/mol. The fourth-order valence-corrected chi connectivity index (χ4v) is 6.04. The third-order valence-corrected chi connectivity index (χ3v) is 8.62. The van der Waals surface area contributed by atoms with Crippen LogP contribution in [-0.2, 0) is 23.1 Å². The van der Waals surface area contributed by atoms with Crippen LogP contribution in [0, 0.1) is 11.8 Å². The molecule has 0 saturated carbocycles. The summed E-state index contributed by atoms with van der Waals surface area (Å²) < 4.78 is 85.5. The number of aromatic nitrogens is 2. The molecule has 0 spiro atoms. The molecule has 2 aromatic heterocycles. The number of piperidine rings is 1. The van der Waals surface area contributed by atoms with Gasteiger partial charge in [0.05, 0.1) is 23.6 Å². The number of halogens is 7. The quantitative estimate of drug-likeness (QED) is 0.283. The molecule has 3 aromatic rings. The van der Waals surface area contributed by atoms with E-state index in [1.165, 1.54) is 24.1 Å². The van der Waals surface area contributed by atoms with Crippen LogP contribution in [0.5, 0.6) is 5.88 Å². The molecule has 226 valence electrons. The van der Waals surface area contributed by atoms with Gasteiger partial charge in [0.25, 0.3) is 0 Å². The van der Waals surface area contributed by atoms with Crippen molar-refractivity contribution >= 4 is 28.9 Å². The zero-order valence-electron chi connectivity index (χ0n) is 22.3. The van der Waals surface area contributed by atoms with Crippen molar-refractivity contribution in [3.8, 4) is 5.88 Å². The maximum Gasteiger partial charge on any atom is 0.433 e. The molecule has 2 aliphatic heterocycles. The molecule has 1 atom stereocenters. The Kier molecular flexibility index (Phi) is 8.05. The number of fused-ring (bicyclic) bond motifs is 1. The molecule has 4 heterocycles. The highest BCUT2D eigenvalue weighted by Gasteiger charge is 2.48. The molecule has 1 amide bonds. The Labute approximate surface area is 242 Å². The average molecular weight is 617 g/mol. The number of pyridine rings is 2. The van der Waals surface area contributed by atoms with Gasteiger partial charge in [-0.25, -0.2) is 4.98 Å². The first kappa shape index (κ1) is 30.3. The number of nitrogens with zero attached hydrogens (tertiary/aromatic N) is 4. The van der Waals surface area contributed by atoms with Gasteiger partial charge in [-0.3, -0.25) is 14.7 Å². The van der Waals surface area contributed by atoms with E-state index in [-0.39, 0.29) is 67.6 Å². The summed E-state index contributed by atoms with van der Waals surface area (Å²) in [6, 6.07) is 6.72. The lowest BCUT2D eigenvalue weighted by molar-refractivity contribution is -0.185. The van der Waals surface area contributed by atoms with Gasteiger partial charge in [0.1, 0.15) is 11.3 Å². The Hall–Kier alpha value is -3.16. The fraction of sp³-hybridized carbons (Fsp3) is 0.464. The van der Waals surface area contributed by atoms with Crippen molar-refractivity contribution in [3.05, 3.63) is 63.9 Å². The molecule has 1 N–H and O–H groups in total. The minimum absolute atomic E-state index is 0.0489. The van der Waals surface area contributed by atoms with Crippen molar-refractivity contribution in [3.63, 3.8) is 0 Å². The van der Waals surface area contributed by atoms with Crippen LogP contribution in [0.1, 0.15) is 35.2 Å². The van der Waals surface area contributed by atoms with Crippen LogP contribution < -0.4 is 4.74 Å². The Bertz CT molecular complexity index is 1470. The molecular formula is C28H27ClF6N4O3. The van der Waals surface area contributed by atoms with E-state index in [1.54, 1.807) is 12.1 Å². The number of rotatable bonds is 7. The lowest BCUT2D eigenvalue weighted by Crippen LogP contribution is -2.56. The van der Waals surface area contributed by atoms with Crippen LogP contribution in [0.15, 0.2) is 36.5 Å². The SMILES string of the molecule is COc1nc2ccc(C(O)(c3ccnc(C(F)(F)F)c3)C3CN(C=O)C3)cc2c(Cl)c1CN1CCC(C(F)(F)F)CC1. The highest BCUT2D eigenvalue weighted by molar-refractivity contribution is 6.36. The van der Waals surface area contributed by atoms with Gasteiger partial charge >= 0.3 is 12.4 Å². The molecule has 2 aliphatic rings. The maximum atomic E-state index is 13.5. The summed E-state index contributed by atoms with van der Waals surface area (Å²) in [6.45, 7) is 0.769. The van der Waals surface area contributed by atoms with Crippen molar-refractivity contribution in [1.82, 2.24) is 19.8 Å². The van der Waals surface area contributed by atoms with E-state index in [4.69, 9.17) is 16.3 Å². The zero-order valence-corrected chi connectivity index (χ0v) is 23.1. The van der Waals surface area contributed by atoms with Crippen LogP contribution in [-0.4, -0.2) is 70.7 Å². The average Bonchev–Trinajstić information content (AvgIpc) is 2.93. The Balaban J connectivity index is 1.55. The standard InChI is InChI=1S/C28H27ClF6N4O3/c1-42-25-21(14-38-8-5-16(6-9-38)27(30,31)32)24(29)20-10-17(2-3-22(20)37-25)26(41,19-12-39(13-19)15-40)18-4-7-36-23(11-18)28(33,34)35/h2-4,7,10-11,15-16,19,41H,5-6,8-9,12-14H2,1H3. The number of methoxy groups -OCH3 is 1. The van der Waals surface area contributed by atoms with E-state index in [9.17, 15) is 36.2 Å². The summed E-state index contributed by atoms with van der Waals surface area (Å²) in [5.74, 6) is -1.81. The van der Waals surface area contributed by atoms with Gasteiger partial charge in [-0.15, -0.1) is 0 Å². The second-order valence-electron chi connectivity index (χ2n) is 10.7. The topological polar surface area (TPSA) is 78.8 Å². The molecule has 7 nitrogen and oxygen atoms in total. The largest absolute Gasteiger partial charge is 0.481 e. The molecule has 1 aromatic carbocycles. The summed E-state index contributed by atoms with van der Waals surface area (Å²) in [4.78, 5) is 22.4. The van der Waals surface area contributed by atoms with E-state index in [0.717, 1.165) is 12.3 Å². The highest BCUT2D eigenvalue weighted by atomic mass is 35.5. The van der Waals surface area contributed by atoms with Gasteiger partial charge in [0.2, 0.25) is 12.3 Å². The van der Waals surface area contributed by atoms with Crippen molar-refractivity contribution in [2.75, 3.05) is 33.3 Å². The fourth-order valence-electron chi connectivity index (χ4n) is 5.75. The second-order valence-corrected chi connectivity index (χ2v) is 11.1. The Morgan fingerprint density at radius 3 is 2.31 bits per heavy atom. The summed E-state index contributed by atoms with van der Waals surface area (Å²) >= 11 is 6.85. The molecule has 0 radical (unpaired) electrons. The number of likely N-dealkylation sites (tertiary alicyclic amines) is 2. The first-order chi connectivity index (χ1) is 19.7. The van der Waals surface area contributed by atoms with Crippen LogP contribution in [0.2, 0.25) is 5.02 Å². The number of hydrogen-bond acceptors (Lipinski definition) is 6. The number of hydrogen-bond donors (Lipinski definition) is 1. The van der Waals surface area contributed by atoms with Gasteiger partial charge < -0.3 is 14.7 Å². The number of ether oxygens (including phenoxy) is 1. The number of aliphatic hydroxyl groups is 1. The number of benzene rings is 1. The van der Waals surface area contributed by atoms with Crippen molar-refractivity contribution in [1.29, 1.82) is 0 Å². The van der Waals surface area contributed by atoms with Crippen molar-refractivity contribution in [2.45, 2.75) is 37.3 Å². The van der Waals surface area contributed by atoms with E-state index in [2.05, 4.69) is 9.97 Å². The summed E-state index contributed by atoms with van der Waals surface area (Å²) in [7, 11) is 1.40. The van der Waals surface area contributed by atoms with Crippen LogP contribution in [0.25, 0.3) is 10.9 Å². The number of amides is 1. The minimum atomic E-state index is -4.75. The molecule has 5 rings (SSSR count). The zero-order chi connectivity index (χ0) is 30.4. The first-order valence-electron chi connectivity index (χ1n) is 13.2. The van der Waals surface area contributed by atoms with Crippen LogP contribution in [0.3, 0.4) is 0 Å². The molecular weight excluding hydrogens is 590 g/mol. The molecule has 1 unspecified atom stereocenters. The van der Waals surface area contributed by atoms with E-state index >= 15 is 0 Å². The summed E-state index contributed by atoms with van der Waals surface area (Å²) in [5, 5.41) is 12.7. The second kappa shape index (κ2) is 11.2. The summed E-state index contributed by atoms with van der Waals surface area (Å²) in [5.41, 5.74) is -2.11. The number of alkyl halides is 6. The van der Waals surface area contributed by atoms with Crippen molar-refractivity contribution < 1.29 is 41.0 Å². The normalized spacial score (nSPS) is 19.0. The van der Waals surface area contributed by atoms with Gasteiger partial charge in [0.15, 0.2) is 0 Å². The molecule has 2 fully saturated rings. The molecule has 2 saturated heterocycles. The molecule has 0 aliphatic carbocycles. The van der Waals surface area contributed by atoms with Crippen LogP contribution in [0.4, 0.5) is 26.3 Å². The summed E-state index contributed by atoms with van der Waals surface area (Å²) in [6.07, 6.45) is -7.53.